The van der Waals surface area contributed by atoms with E-state index in [9.17, 15) is 19.8 Å². The number of hydrogen-bond acceptors (Lipinski definition) is 3. The van der Waals surface area contributed by atoms with Crippen molar-refractivity contribution in [3.05, 3.63) is 99.2 Å². The van der Waals surface area contributed by atoms with Gasteiger partial charge in [-0.15, -0.1) is 0 Å². The molecule has 0 atom stereocenters. The summed E-state index contributed by atoms with van der Waals surface area (Å²) >= 11 is 6.23. The Kier molecular flexibility index (Phi) is 9.13. The van der Waals surface area contributed by atoms with Crippen LogP contribution in [0.1, 0.15) is 65.6 Å². The van der Waals surface area contributed by atoms with Gasteiger partial charge < -0.3 is 19.5 Å². The van der Waals surface area contributed by atoms with Crippen molar-refractivity contribution in [1.82, 2.24) is 4.57 Å². The van der Waals surface area contributed by atoms with Gasteiger partial charge in [0, 0.05) is 39.3 Å². The van der Waals surface area contributed by atoms with Gasteiger partial charge in [-0.1, -0.05) is 41.6 Å². The molecule has 222 valence electrons. The van der Waals surface area contributed by atoms with E-state index in [0.717, 1.165) is 81.7 Å². The van der Waals surface area contributed by atoms with E-state index in [4.69, 9.17) is 16.3 Å². The van der Waals surface area contributed by atoms with Gasteiger partial charge in [0.15, 0.2) is 0 Å². The first kappa shape index (κ1) is 30.3. The quantitative estimate of drug-likeness (QED) is 0.130. The maximum Gasteiger partial charge on any atom is 0.307 e. The lowest BCUT2D eigenvalue weighted by atomic mass is 10.0. The molecule has 1 aliphatic rings. The summed E-state index contributed by atoms with van der Waals surface area (Å²) < 4.78 is 8.04. The number of halogens is 1. The molecule has 1 saturated carbocycles. The molecule has 5 rings (SSSR count). The standard InChI is InChI=1S/C36H36ClNO5/c1-24-27(8-5-10-31(24)37)7-3-4-20-43-29-16-13-26(14-17-29)12-15-28-9-6-11-32-35(28)30(21-33(39)40)25(2)38(32)23-36(18-19-36)22-34(41)42/h5-6,8-11,13-14,16-17H,3-4,7,18-23H2,1-2H3,(H,39,40)(H,41,42). The summed E-state index contributed by atoms with van der Waals surface area (Å²) in [4.78, 5) is 23.3. The summed E-state index contributed by atoms with van der Waals surface area (Å²) in [6.07, 6.45) is 4.63. The van der Waals surface area contributed by atoms with Gasteiger partial charge in [0.2, 0.25) is 0 Å². The lowest BCUT2D eigenvalue weighted by molar-refractivity contribution is -0.138. The highest BCUT2D eigenvalue weighted by Crippen LogP contribution is 2.51. The van der Waals surface area contributed by atoms with E-state index in [1.54, 1.807) is 0 Å². The van der Waals surface area contributed by atoms with Crippen LogP contribution in [-0.2, 0) is 29.0 Å². The van der Waals surface area contributed by atoms with Crippen LogP contribution in [0, 0.1) is 31.1 Å². The molecule has 2 N–H and O–H groups in total. The number of hydrogen-bond donors (Lipinski definition) is 2. The Labute approximate surface area is 257 Å². The van der Waals surface area contributed by atoms with Gasteiger partial charge in [-0.05, 0) is 111 Å². The normalized spacial score (nSPS) is 13.4. The molecular formula is C36H36ClNO5. The van der Waals surface area contributed by atoms with Gasteiger partial charge in [-0.3, -0.25) is 9.59 Å². The Balaban J connectivity index is 1.28. The predicted molar refractivity (Wildman–Crippen MR) is 169 cm³/mol. The molecule has 1 aromatic heterocycles. The number of benzene rings is 3. The minimum Gasteiger partial charge on any atom is -0.494 e. The van der Waals surface area contributed by atoms with E-state index in [1.807, 2.05) is 61.5 Å². The Bertz CT molecular complexity index is 1720. The van der Waals surface area contributed by atoms with Crippen LogP contribution in [0.3, 0.4) is 0 Å². The molecule has 0 bridgehead atoms. The van der Waals surface area contributed by atoms with Crippen LogP contribution < -0.4 is 4.74 Å². The van der Waals surface area contributed by atoms with Crippen LogP contribution in [-0.4, -0.2) is 33.3 Å². The van der Waals surface area contributed by atoms with E-state index in [0.29, 0.717) is 13.2 Å². The number of nitrogens with zero attached hydrogens (tertiary/aromatic N) is 1. The zero-order valence-electron chi connectivity index (χ0n) is 24.6. The molecule has 7 heteroatoms. The highest BCUT2D eigenvalue weighted by Gasteiger charge is 2.45. The summed E-state index contributed by atoms with van der Waals surface area (Å²) in [7, 11) is 0. The lowest BCUT2D eigenvalue weighted by Gasteiger charge is -2.16. The first-order valence-electron chi connectivity index (χ1n) is 14.7. The van der Waals surface area contributed by atoms with Crippen molar-refractivity contribution in [2.45, 2.75) is 65.3 Å². The van der Waals surface area contributed by atoms with Crippen molar-refractivity contribution in [2.75, 3.05) is 6.61 Å². The van der Waals surface area contributed by atoms with Crippen molar-refractivity contribution in [3.8, 4) is 17.6 Å². The summed E-state index contributed by atoms with van der Waals surface area (Å²) in [6, 6.07) is 19.5. The average molecular weight is 598 g/mol. The Morgan fingerprint density at radius 2 is 1.70 bits per heavy atom. The van der Waals surface area contributed by atoms with Gasteiger partial charge in [0.25, 0.3) is 0 Å². The molecule has 0 amide bonds. The molecule has 3 aromatic carbocycles. The Morgan fingerprint density at radius 3 is 2.40 bits per heavy atom. The van der Waals surface area contributed by atoms with Crippen LogP contribution in [0.25, 0.3) is 10.9 Å². The molecule has 0 aliphatic heterocycles. The fourth-order valence-corrected chi connectivity index (χ4v) is 6.00. The molecule has 6 nitrogen and oxygen atoms in total. The number of carboxylic acids is 2. The second-order valence-corrected chi connectivity index (χ2v) is 12.0. The minimum atomic E-state index is -0.910. The van der Waals surface area contributed by atoms with Gasteiger partial charge in [-0.25, -0.2) is 0 Å². The first-order chi connectivity index (χ1) is 20.7. The van der Waals surface area contributed by atoms with Crippen LogP contribution in [0.4, 0.5) is 0 Å². The number of aromatic nitrogens is 1. The van der Waals surface area contributed by atoms with Crippen LogP contribution >= 0.6 is 11.6 Å². The van der Waals surface area contributed by atoms with Crippen molar-refractivity contribution in [2.24, 2.45) is 5.41 Å². The van der Waals surface area contributed by atoms with Crippen LogP contribution in [0.5, 0.6) is 5.75 Å². The van der Waals surface area contributed by atoms with Gasteiger partial charge >= 0.3 is 11.9 Å². The summed E-state index contributed by atoms with van der Waals surface area (Å²) in [5.41, 5.74) is 6.21. The Hall–Kier alpha value is -4.21. The zero-order valence-corrected chi connectivity index (χ0v) is 25.3. The number of fused-ring (bicyclic) bond motifs is 1. The van der Waals surface area contributed by atoms with Gasteiger partial charge in [0.05, 0.1) is 19.4 Å². The first-order valence-corrected chi connectivity index (χ1v) is 15.1. The molecule has 1 fully saturated rings. The maximum atomic E-state index is 11.8. The van der Waals surface area contributed by atoms with Crippen molar-refractivity contribution >= 4 is 34.4 Å². The van der Waals surface area contributed by atoms with Crippen molar-refractivity contribution < 1.29 is 24.5 Å². The molecule has 1 aliphatic carbocycles. The summed E-state index contributed by atoms with van der Waals surface area (Å²) in [5.74, 6) is 5.58. The molecule has 43 heavy (non-hydrogen) atoms. The van der Waals surface area contributed by atoms with Gasteiger partial charge in [0.1, 0.15) is 5.75 Å². The van der Waals surface area contributed by atoms with Crippen LogP contribution in [0.2, 0.25) is 5.02 Å². The minimum absolute atomic E-state index is 0.113. The fourth-order valence-electron chi connectivity index (χ4n) is 5.81. The third-order valence-corrected chi connectivity index (χ3v) is 8.88. The highest BCUT2D eigenvalue weighted by molar-refractivity contribution is 6.31. The summed E-state index contributed by atoms with van der Waals surface area (Å²) in [5, 5.41) is 20.7. The maximum absolute atomic E-state index is 11.8. The number of rotatable bonds is 12. The van der Waals surface area contributed by atoms with E-state index in [1.165, 1.54) is 5.56 Å². The van der Waals surface area contributed by atoms with E-state index >= 15 is 0 Å². The molecule has 1 heterocycles. The number of aliphatic carboxylic acids is 2. The smallest absolute Gasteiger partial charge is 0.307 e. The van der Waals surface area contributed by atoms with E-state index in [2.05, 4.69) is 29.4 Å². The molecule has 0 radical (unpaired) electrons. The Morgan fingerprint density at radius 1 is 0.953 bits per heavy atom. The average Bonchev–Trinajstić information content (AvgIpc) is 3.68. The van der Waals surface area contributed by atoms with Crippen LogP contribution in [0.15, 0.2) is 60.7 Å². The molecule has 0 saturated heterocycles. The second kappa shape index (κ2) is 13.0. The highest BCUT2D eigenvalue weighted by atomic mass is 35.5. The van der Waals surface area contributed by atoms with Crippen molar-refractivity contribution in [3.63, 3.8) is 0 Å². The van der Waals surface area contributed by atoms with Crippen molar-refractivity contribution in [1.29, 1.82) is 0 Å². The topological polar surface area (TPSA) is 88.8 Å². The number of carboxylic acid groups (broad SMARTS) is 2. The van der Waals surface area contributed by atoms with E-state index in [-0.39, 0.29) is 18.3 Å². The monoisotopic (exact) mass is 597 g/mol. The third kappa shape index (κ3) is 7.24. The number of carbonyl (C=O) groups is 2. The molecule has 0 spiro atoms. The molecular weight excluding hydrogens is 562 g/mol. The molecule has 4 aromatic rings. The fraction of sp³-hybridized carbons (Fsp3) is 0.333. The number of unbranched alkanes of at least 4 members (excludes halogenated alkanes) is 1. The second-order valence-electron chi connectivity index (χ2n) is 11.6. The lowest BCUT2D eigenvalue weighted by Crippen LogP contribution is -2.17. The number of aryl methyl sites for hydroxylation is 1. The molecule has 0 unspecified atom stereocenters. The SMILES string of the molecule is Cc1c(Cl)cccc1CCCCOc1ccc(C#Cc2cccc3c2c(CC(=O)O)c(C)n3CC2(CC(=O)O)CC2)cc1. The summed E-state index contributed by atoms with van der Waals surface area (Å²) in [6.45, 7) is 5.16. The van der Waals surface area contributed by atoms with E-state index < -0.39 is 11.9 Å². The predicted octanol–water partition coefficient (Wildman–Crippen LogP) is 7.60. The zero-order chi connectivity index (χ0) is 30.6. The number of ether oxygens (including phenoxy) is 1. The largest absolute Gasteiger partial charge is 0.494 e. The van der Waals surface area contributed by atoms with Gasteiger partial charge in [-0.2, -0.15) is 0 Å². The third-order valence-electron chi connectivity index (χ3n) is 8.47.